The number of rotatable bonds is 4. The van der Waals surface area contributed by atoms with E-state index in [1.54, 1.807) is 6.20 Å². The summed E-state index contributed by atoms with van der Waals surface area (Å²) in [5, 5.41) is 3.27. The zero-order chi connectivity index (χ0) is 13.0. The molecule has 2 rings (SSSR count). The van der Waals surface area contributed by atoms with Crippen LogP contribution in [0.15, 0.2) is 34.9 Å². The number of hydrogen-bond donors (Lipinski definition) is 1. The third-order valence-electron chi connectivity index (χ3n) is 2.63. The number of aromatic nitrogens is 2. The molecular formula is C14H16BrN3. The van der Waals surface area contributed by atoms with Gasteiger partial charge in [-0.05, 0) is 37.1 Å². The van der Waals surface area contributed by atoms with Gasteiger partial charge >= 0.3 is 0 Å². The van der Waals surface area contributed by atoms with E-state index >= 15 is 0 Å². The Morgan fingerprint density at radius 1 is 1.28 bits per heavy atom. The van der Waals surface area contributed by atoms with Gasteiger partial charge in [0.05, 0.1) is 0 Å². The van der Waals surface area contributed by atoms with Crippen LogP contribution in [0.4, 0.5) is 5.82 Å². The highest BCUT2D eigenvalue weighted by Gasteiger charge is 2.04. The Hall–Kier alpha value is -1.42. The summed E-state index contributed by atoms with van der Waals surface area (Å²) in [6, 6.07) is 8.03. The van der Waals surface area contributed by atoms with Crippen molar-refractivity contribution in [1.29, 1.82) is 0 Å². The Morgan fingerprint density at radius 3 is 2.83 bits per heavy atom. The van der Waals surface area contributed by atoms with E-state index in [0.29, 0.717) is 0 Å². The van der Waals surface area contributed by atoms with E-state index in [1.807, 2.05) is 18.2 Å². The highest BCUT2D eigenvalue weighted by Crippen LogP contribution is 2.23. The van der Waals surface area contributed by atoms with E-state index in [0.717, 1.165) is 34.6 Å². The third kappa shape index (κ3) is 3.07. The van der Waals surface area contributed by atoms with Gasteiger partial charge in [-0.15, -0.1) is 0 Å². The second-order valence-corrected chi connectivity index (χ2v) is 5.01. The van der Waals surface area contributed by atoms with Crippen molar-refractivity contribution in [2.75, 3.05) is 11.9 Å². The first-order valence-electron chi connectivity index (χ1n) is 6.04. The number of halogens is 1. The van der Waals surface area contributed by atoms with Gasteiger partial charge in [0.2, 0.25) is 0 Å². The van der Waals surface area contributed by atoms with Crippen LogP contribution in [0.5, 0.6) is 0 Å². The van der Waals surface area contributed by atoms with Gasteiger partial charge < -0.3 is 5.32 Å². The lowest BCUT2D eigenvalue weighted by molar-refractivity contribution is 0.966. The van der Waals surface area contributed by atoms with Gasteiger partial charge in [0, 0.05) is 22.8 Å². The molecule has 0 unspecified atom stereocenters. The lowest BCUT2D eigenvalue weighted by Crippen LogP contribution is -2.03. The maximum atomic E-state index is 4.51. The van der Waals surface area contributed by atoms with E-state index < -0.39 is 0 Å². The molecule has 0 aliphatic heterocycles. The summed E-state index contributed by atoms with van der Waals surface area (Å²) in [4.78, 5) is 8.84. The van der Waals surface area contributed by atoms with Gasteiger partial charge in [-0.25, -0.2) is 9.97 Å². The fraction of sp³-hybridized carbons (Fsp3) is 0.286. The molecule has 18 heavy (non-hydrogen) atoms. The molecule has 0 bridgehead atoms. The summed E-state index contributed by atoms with van der Waals surface area (Å²) in [5.74, 6) is 1.63. The van der Waals surface area contributed by atoms with Gasteiger partial charge in [0.1, 0.15) is 5.82 Å². The predicted octanol–water partition coefficient (Wildman–Crippen LogP) is 4.04. The topological polar surface area (TPSA) is 37.8 Å². The number of nitrogens with one attached hydrogen (secondary N) is 1. The van der Waals surface area contributed by atoms with Crippen LogP contribution in [0.3, 0.4) is 0 Å². The van der Waals surface area contributed by atoms with Crippen molar-refractivity contribution in [3.05, 3.63) is 40.5 Å². The molecule has 0 saturated heterocycles. The number of nitrogens with zero attached hydrogens (tertiary/aromatic N) is 2. The average molecular weight is 306 g/mol. The van der Waals surface area contributed by atoms with Gasteiger partial charge in [-0.1, -0.05) is 28.9 Å². The first-order chi connectivity index (χ1) is 8.70. The van der Waals surface area contributed by atoms with Crippen LogP contribution in [0.25, 0.3) is 11.4 Å². The summed E-state index contributed by atoms with van der Waals surface area (Å²) in [6.45, 7) is 5.12. The first-order valence-corrected chi connectivity index (χ1v) is 6.83. The predicted molar refractivity (Wildman–Crippen MR) is 78.7 cm³/mol. The monoisotopic (exact) mass is 305 g/mol. The minimum Gasteiger partial charge on any atom is -0.370 e. The molecule has 2 aromatic rings. The molecule has 0 aliphatic rings. The summed E-state index contributed by atoms with van der Waals surface area (Å²) in [6.07, 6.45) is 2.87. The van der Waals surface area contributed by atoms with E-state index in [2.05, 4.69) is 51.1 Å². The van der Waals surface area contributed by atoms with Crippen molar-refractivity contribution in [3.8, 4) is 11.4 Å². The zero-order valence-corrected chi connectivity index (χ0v) is 12.2. The van der Waals surface area contributed by atoms with Crippen molar-refractivity contribution in [1.82, 2.24) is 9.97 Å². The van der Waals surface area contributed by atoms with Crippen LogP contribution < -0.4 is 5.32 Å². The Labute approximate surface area is 116 Å². The molecule has 1 aromatic heterocycles. The highest BCUT2D eigenvalue weighted by atomic mass is 79.9. The third-order valence-corrected chi connectivity index (χ3v) is 3.52. The quantitative estimate of drug-likeness (QED) is 0.926. The second-order valence-electron chi connectivity index (χ2n) is 4.16. The van der Waals surface area contributed by atoms with E-state index in [9.17, 15) is 0 Å². The van der Waals surface area contributed by atoms with Crippen molar-refractivity contribution in [2.24, 2.45) is 0 Å². The smallest absolute Gasteiger partial charge is 0.161 e. The van der Waals surface area contributed by atoms with E-state index in [1.165, 1.54) is 5.56 Å². The van der Waals surface area contributed by atoms with Crippen LogP contribution in [0, 0.1) is 6.92 Å². The number of benzene rings is 1. The molecular weight excluding hydrogens is 290 g/mol. The lowest BCUT2D eigenvalue weighted by Gasteiger charge is -2.07. The Balaban J connectivity index is 2.29. The van der Waals surface area contributed by atoms with Crippen LogP contribution in [-0.4, -0.2) is 16.5 Å². The minimum absolute atomic E-state index is 0.756. The molecule has 1 heterocycles. The molecule has 0 atom stereocenters. The Morgan fingerprint density at radius 2 is 2.11 bits per heavy atom. The van der Waals surface area contributed by atoms with Crippen LogP contribution in [0.2, 0.25) is 0 Å². The highest BCUT2D eigenvalue weighted by molar-refractivity contribution is 9.10. The van der Waals surface area contributed by atoms with Crippen LogP contribution >= 0.6 is 15.9 Å². The molecule has 94 valence electrons. The van der Waals surface area contributed by atoms with Crippen LogP contribution in [0.1, 0.15) is 18.9 Å². The normalized spacial score (nSPS) is 10.4. The zero-order valence-electron chi connectivity index (χ0n) is 10.6. The SMILES string of the molecule is CCCNc1ccnc(-c2ccc(Br)c(C)c2)n1. The number of hydrogen-bond acceptors (Lipinski definition) is 3. The lowest BCUT2D eigenvalue weighted by atomic mass is 10.1. The van der Waals surface area contributed by atoms with E-state index in [-0.39, 0.29) is 0 Å². The molecule has 4 heteroatoms. The van der Waals surface area contributed by atoms with Crippen molar-refractivity contribution >= 4 is 21.7 Å². The van der Waals surface area contributed by atoms with Crippen LogP contribution in [-0.2, 0) is 0 Å². The molecule has 0 amide bonds. The molecule has 3 nitrogen and oxygen atoms in total. The van der Waals surface area contributed by atoms with Gasteiger partial charge in [-0.2, -0.15) is 0 Å². The summed E-state index contributed by atoms with van der Waals surface area (Å²) in [5.41, 5.74) is 2.22. The molecule has 0 fully saturated rings. The molecule has 1 aromatic carbocycles. The summed E-state index contributed by atoms with van der Waals surface area (Å²) >= 11 is 3.50. The van der Waals surface area contributed by atoms with Gasteiger partial charge in [-0.3, -0.25) is 0 Å². The van der Waals surface area contributed by atoms with Crippen molar-refractivity contribution in [2.45, 2.75) is 20.3 Å². The van der Waals surface area contributed by atoms with Gasteiger partial charge in [0.25, 0.3) is 0 Å². The van der Waals surface area contributed by atoms with Gasteiger partial charge in [0.15, 0.2) is 5.82 Å². The molecule has 0 radical (unpaired) electrons. The van der Waals surface area contributed by atoms with Crippen molar-refractivity contribution < 1.29 is 0 Å². The molecule has 0 spiro atoms. The maximum absolute atomic E-state index is 4.51. The largest absolute Gasteiger partial charge is 0.370 e. The first kappa shape index (κ1) is 13.0. The Bertz CT molecular complexity index is 540. The Kier molecular flexibility index (Phi) is 4.31. The van der Waals surface area contributed by atoms with Crippen molar-refractivity contribution in [3.63, 3.8) is 0 Å². The standard InChI is InChI=1S/C14H16BrN3/c1-3-7-16-13-6-8-17-14(18-13)11-4-5-12(15)10(2)9-11/h4-6,8-9H,3,7H2,1-2H3,(H,16,17,18). The number of aryl methyl sites for hydroxylation is 1. The minimum atomic E-state index is 0.756. The number of anilines is 1. The maximum Gasteiger partial charge on any atom is 0.161 e. The fourth-order valence-corrected chi connectivity index (χ4v) is 1.88. The summed E-state index contributed by atoms with van der Waals surface area (Å²) in [7, 11) is 0. The average Bonchev–Trinajstić information content (AvgIpc) is 2.40. The molecule has 0 saturated carbocycles. The summed E-state index contributed by atoms with van der Waals surface area (Å²) < 4.78 is 1.10. The fourth-order valence-electron chi connectivity index (χ4n) is 1.63. The molecule has 0 aliphatic carbocycles. The second kappa shape index (κ2) is 5.96. The van der Waals surface area contributed by atoms with E-state index in [4.69, 9.17) is 0 Å². The molecule has 1 N–H and O–H groups in total.